The Labute approximate surface area is 113 Å². The van der Waals surface area contributed by atoms with Crippen LogP contribution in [0.5, 0.6) is 0 Å². The van der Waals surface area contributed by atoms with Gasteiger partial charge in [0.1, 0.15) is 0 Å². The van der Waals surface area contributed by atoms with Crippen LogP contribution in [0.15, 0.2) is 6.07 Å². The summed E-state index contributed by atoms with van der Waals surface area (Å²) >= 11 is 0. The number of carbonyl (C=O) groups is 1. The van der Waals surface area contributed by atoms with Crippen LogP contribution in [0, 0.1) is 12.8 Å². The molecule has 1 amide bonds. The first-order chi connectivity index (χ1) is 8.04. The molecule has 0 aliphatic heterocycles. The fourth-order valence-corrected chi connectivity index (χ4v) is 1.64. The smallest absolute Gasteiger partial charge is 0.229 e. The summed E-state index contributed by atoms with van der Waals surface area (Å²) < 4.78 is 0. The third kappa shape index (κ3) is 4.23. The largest absolute Gasteiger partial charge is 0.323 e. The van der Waals surface area contributed by atoms with Crippen molar-refractivity contribution in [1.82, 2.24) is 9.97 Å². The van der Waals surface area contributed by atoms with E-state index < -0.39 is 0 Å². The molecule has 1 unspecified atom stereocenters. The molecule has 0 spiro atoms. The van der Waals surface area contributed by atoms with Crippen LogP contribution in [0.25, 0.3) is 0 Å². The van der Waals surface area contributed by atoms with E-state index in [2.05, 4.69) is 15.3 Å². The fourth-order valence-electron chi connectivity index (χ4n) is 1.64. The number of nitrogens with zero attached hydrogens (tertiary/aromatic N) is 2. The lowest BCUT2D eigenvalue weighted by atomic mass is 10.2. The number of amides is 1. The molecule has 6 heteroatoms. The van der Waals surface area contributed by atoms with Gasteiger partial charge >= 0.3 is 0 Å². The summed E-state index contributed by atoms with van der Waals surface area (Å²) in [4.78, 5) is 20.1. The predicted octanol–water partition coefficient (Wildman–Crippen LogP) is 1.97. The van der Waals surface area contributed by atoms with Gasteiger partial charge < -0.3 is 5.73 Å². The van der Waals surface area contributed by atoms with Crippen molar-refractivity contribution in [2.24, 2.45) is 11.7 Å². The molecule has 100 valence electrons. The number of rotatable bonds is 4. The number of anilines is 1. The van der Waals surface area contributed by atoms with Crippen molar-refractivity contribution in [2.75, 3.05) is 5.32 Å². The molecule has 1 atom stereocenters. The van der Waals surface area contributed by atoms with Crippen LogP contribution >= 0.6 is 12.4 Å². The van der Waals surface area contributed by atoms with Gasteiger partial charge in [-0.05, 0) is 38.7 Å². The quantitative estimate of drug-likeness (QED) is 0.876. The third-order valence-electron chi connectivity index (χ3n) is 2.76. The average molecular weight is 271 g/mol. The van der Waals surface area contributed by atoms with Crippen LogP contribution < -0.4 is 11.1 Å². The Hall–Kier alpha value is -1.20. The van der Waals surface area contributed by atoms with Gasteiger partial charge in [0.05, 0.1) is 5.69 Å². The Morgan fingerprint density at radius 1 is 1.56 bits per heavy atom. The van der Waals surface area contributed by atoms with Gasteiger partial charge in [-0.25, -0.2) is 9.97 Å². The van der Waals surface area contributed by atoms with Crippen molar-refractivity contribution in [3.05, 3.63) is 17.5 Å². The molecule has 2 rings (SSSR count). The monoisotopic (exact) mass is 270 g/mol. The van der Waals surface area contributed by atoms with Gasteiger partial charge in [0.2, 0.25) is 11.9 Å². The minimum atomic E-state index is -0.157. The van der Waals surface area contributed by atoms with Gasteiger partial charge in [0, 0.05) is 18.2 Å². The first-order valence-corrected chi connectivity index (χ1v) is 5.95. The highest BCUT2D eigenvalue weighted by atomic mass is 35.5. The van der Waals surface area contributed by atoms with E-state index >= 15 is 0 Å². The Bertz CT molecular complexity index is 432. The van der Waals surface area contributed by atoms with E-state index in [0.717, 1.165) is 24.2 Å². The molecule has 1 aliphatic rings. The van der Waals surface area contributed by atoms with E-state index in [-0.39, 0.29) is 24.4 Å². The van der Waals surface area contributed by atoms with E-state index in [1.807, 2.05) is 19.9 Å². The zero-order chi connectivity index (χ0) is 12.4. The van der Waals surface area contributed by atoms with Crippen molar-refractivity contribution in [1.29, 1.82) is 0 Å². The van der Waals surface area contributed by atoms with Crippen LogP contribution in [0.1, 0.15) is 43.6 Å². The third-order valence-corrected chi connectivity index (χ3v) is 2.76. The van der Waals surface area contributed by atoms with Crippen LogP contribution in [-0.4, -0.2) is 15.9 Å². The molecule has 1 aromatic rings. The molecule has 1 fully saturated rings. The second-order valence-electron chi connectivity index (χ2n) is 4.74. The first kappa shape index (κ1) is 14.9. The average Bonchev–Trinajstić information content (AvgIpc) is 3.00. The summed E-state index contributed by atoms with van der Waals surface area (Å²) in [5.74, 6) is 0.921. The number of hydrogen-bond donors (Lipinski definition) is 2. The van der Waals surface area contributed by atoms with Gasteiger partial charge in [-0.1, -0.05) is 0 Å². The Balaban J connectivity index is 0.00000162. The minimum absolute atomic E-state index is 0. The Morgan fingerprint density at radius 2 is 2.22 bits per heavy atom. The Morgan fingerprint density at radius 3 is 2.78 bits per heavy atom. The van der Waals surface area contributed by atoms with Gasteiger partial charge in [-0.2, -0.15) is 0 Å². The number of aryl methyl sites for hydroxylation is 1. The molecule has 1 aliphatic carbocycles. The predicted molar refractivity (Wildman–Crippen MR) is 72.6 cm³/mol. The van der Waals surface area contributed by atoms with Crippen molar-refractivity contribution in [3.8, 4) is 0 Å². The molecule has 0 saturated heterocycles. The lowest BCUT2D eigenvalue weighted by Crippen LogP contribution is -2.17. The standard InChI is InChI=1S/C12H18N4O.ClH/c1-7-5-10(8(2)13)15-12(14-7)16-11(17)6-9-3-4-9;/h5,8-9H,3-4,6,13H2,1-2H3,(H,14,15,16,17);1H. The van der Waals surface area contributed by atoms with Crippen LogP contribution in [-0.2, 0) is 4.79 Å². The minimum Gasteiger partial charge on any atom is -0.323 e. The number of nitrogens with one attached hydrogen (secondary N) is 1. The maximum atomic E-state index is 11.6. The Kier molecular flexibility index (Phi) is 5.04. The molecule has 0 aromatic carbocycles. The van der Waals surface area contributed by atoms with E-state index in [9.17, 15) is 4.79 Å². The highest BCUT2D eigenvalue weighted by Crippen LogP contribution is 2.32. The van der Waals surface area contributed by atoms with Gasteiger partial charge in [0.15, 0.2) is 0 Å². The molecule has 0 bridgehead atoms. The summed E-state index contributed by atoms with van der Waals surface area (Å²) in [6.07, 6.45) is 2.89. The highest BCUT2D eigenvalue weighted by Gasteiger charge is 2.24. The molecule has 1 saturated carbocycles. The summed E-state index contributed by atoms with van der Waals surface area (Å²) in [5, 5.41) is 2.73. The molecular weight excluding hydrogens is 252 g/mol. The maximum absolute atomic E-state index is 11.6. The van der Waals surface area contributed by atoms with Gasteiger partial charge in [-0.15, -0.1) is 12.4 Å². The summed E-state index contributed by atoms with van der Waals surface area (Å²) in [5.41, 5.74) is 7.33. The van der Waals surface area contributed by atoms with E-state index in [0.29, 0.717) is 18.3 Å². The van der Waals surface area contributed by atoms with Gasteiger partial charge in [0.25, 0.3) is 0 Å². The fraction of sp³-hybridized carbons (Fsp3) is 0.583. The van der Waals surface area contributed by atoms with Crippen LogP contribution in [0.3, 0.4) is 0 Å². The number of carbonyl (C=O) groups excluding carboxylic acids is 1. The second kappa shape index (κ2) is 6.11. The van der Waals surface area contributed by atoms with E-state index in [4.69, 9.17) is 5.73 Å². The molecule has 1 heterocycles. The SMILES string of the molecule is Cc1cc(C(C)N)nc(NC(=O)CC2CC2)n1.Cl. The van der Waals surface area contributed by atoms with E-state index in [1.165, 1.54) is 0 Å². The van der Waals surface area contributed by atoms with Crippen LogP contribution in [0.2, 0.25) is 0 Å². The van der Waals surface area contributed by atoms with Crippen molar-refractivity contribution >= 4 is 24.3 Å². The lowest BCUT2D eigenvalue weighted by molar-refractivity contribution is -0.116. The summed E-state index contributed by atoms with van der Waals surface area (Å²) in [6.45, 7) is 3.72. The molecular formula is C12H19ClN4O. The van der Waals surface area contributed by atoms with Crippen LogP contribution in [0.4, 0.5) is 5.95 Å². The maximum Gasteiger partial charge on any atom is 0.229 e. The topological polar surface area (TPSA) is 80.9 Å². The highest BCUT2D eigenvalue weighted by molar-refractivity contribution is 5.89. The number of hydrogen-bond acceptors (Lipinski definition) is 4. The van der Waals surface area contributed by atoms with E-state index in [1.54, 1.807) is 0 Å². The zero-order valence-corrected chi connectivity index (χ0v) is 11.5. The van der Waals surface area contributed by atoms with Crippen molar-refractivity contribution in [2.45, 2.75) is 39.2 Å². The molecule has 1 aromatic heterocycles. The molecule has 3 N–H and O–H groups in total. The lowest BCUT2D eigenvalue weighted by Gasteiger charge is -2.09. The number of aromatic nitrogens is 2. The molecule has 0 radical (unpaired) electrons. The zero-order valence-electron chi connectivity index (χ0n) is 10.6. The normalized spacial score (nSPS) is 15.7. The number of halogens is 1. The molecule has 5 nitrogen and oxygen atoms in total. The molecule has 18 heavy (non-hydrogen) atoms. The number of nitrogens with two attached hydrogens (primary N) is 1. The second-order valence-corrected chi connectivity index (χ2v) is 4.74. The van der Waals surface area contributed by atoms with Crippen molar-refractivity contribution < 1.29 is 4.79 Å². The van der Waals surface area contributed by atoms with Crippen molar-refractivity contribution in [3.63, 3.8) is 0 Å². The summed E-state index contributed by atoms with van der Waals surface area (Å²) in [7, 11) is 0. The van der Waals surface area contributed by atoms with Gasteiger partial charge in [-0.3, -0.25) is 10.1 Å². The summed E-state index contributed by atoms with van der Waals surface area (Å²) in [6, 6.07) is 1.68. The first-order valence-electron chi connectivity index (χ1n) is 5.95.